The van der Waals surface area contributed by atoms with Crippen molar-refractivity contribution >= 4 is 29.0 Å². The van der Waals surface area contributed by atoms with Gasteiger partial charge >= 0.3 is 0 Å². The van der Waals surface area contributed by atoms with Crippen molar-refractivity contribution in [1.82, 2.24) is 54.4 Å². The maximum Gasteiger partial charge on any atom is 0.256 e. The lowest BCUT2D eigenvalue weighted by Gasteiger charge is -2.61. The molecule has 4 N–H and O–H groups in total. The van der Waals surface area contributed by atoms with E-state index in [2.05, 4.69) is 86.0 Å². The highest BCUT2D eigenvalue weighted by Gasteiger charge is 2.68. The fourth-order valence-corrected chi connectivity index (χ4v) is 35.5. The monoisotopic (exact) mass is 1720 g/mol. The standard InChI is InChI=1S/C28H43N3O3.C27H42N2O2.2C25H39N3O2/c1-26(34)12-13-27(2)19(14-26)6-7-20-21-8-9-23(28(21,3)11-10-22(20)27)24(32)17-31-16-18(15-29-31)25(33)30(4)5;1-17-15-28-29(16-17)18(2)24(30)23-9-8-21-20-7-6-19-14-25(3,31)12-13-26(19,4)22(20)10-11-27(21,23)5;2*1-16(28-26-13-14-27-28)22(29)21-8-7-19-18-6-5-17-15-23(2,30)11-12-24(17,3)20(18)9-10-25(19,21)4/h15-16,19-23,34H,6-14,17H2,1-5H3;15-16,18-23,31H,6-14H2,1-5H3;2*13-14,16-21,30H,5-12,15H2,1-4H3/t19-,20-,21-,22-,23+,26+,27-,28-;18-,19-,20-,21-,22-,23+,25+,26-,27-;16-,17+,18+,19+,20+,21-,23-,24+,25+;16-,17-,18-,19-,20-,21+,23+,24-,25-/m0010/s1. The SMILES string of the molecule is CN(C)C(=O)c1cnn(CC(=O)[C@H]2CC[C@H]3[C@@H]4CC[C@H]5C[C@](C)(O)CC[C@]5(C)[C@H]4CC[C@]23C)c1.C[C@@H](C(=O)[C@H]1CC[C@H]2[C@@H]3CC[C@H]4C[C@](C)(O)CC[C@]4(C)[C@H]3CC[C@]12C)n1nccn1.C[C@H](C(=O)[C@H]1CC[C@H]2[C@@H]3CC[C@H]4C[C@](C)(O)CC[C@]4(C)[C@H]3CC[C@]12C)n1nccn1.Cc1cnn([C@@H](C)C(=O)[C@H]2CC[C@H]3[C@@H]4CC[C@H]5C[C@](C)(O)CC[C@]5(C)[C@H]4CC[C@]23C)c1. The summed E-state index contributed by atoms with van der Waals surface area (Å²) in [5, 5.41) is 68.5. The Morgan fingerprint density at radius 1 is 0.352 bits per heavy atom. The topological polar surface area (TPSA) is 267 Å². The third-order valence-corrected chi connectivity index (χ3v) is 42.8. The molecule has 16 aliphatic carbocycles. The Balaban J connectivity index is 0.000000118. The van der Waals surface area contributed by atoms with Crippen molar-refractivity contribution in [2.45, 2.75) is 389 Å². The number of aromatic nitrogens is 10. The molecular weight excluding hydrogens is 1560 g/mol. The predicted molar refractivity (Wildman–Crippen MR) is 485 cm³/mol. The van der Waals surface area contributed by atoms with Crippen LogP contribution < -0.4 is 0 Å². The highest BCUT2D eigenvalue weighted by Crippen LogP contribution is 2.74. The summed E-state index contributed by atoms with van der Waals surface area (Å²) < 4.78 is 3.53. The minimum atomic E-state index is -0.491. The number of Topliss-reactive ketones (excluding diaryl/α,β-unsaturated/α-hetero) is 4. The van der Waals surface area contributed by atoms with E-state index in [9.17, 15) is 44.4 Å². The normalized spacial score (nSPS) is 47.2. The minimum Gasteiger partial charge on any atom is -0.390 e. The predicted octanol–water partition coefficient (Wildman–Crippen LogP) is 19.9. The molecule has 0 bridgehead atoms. The average molecular weight is 1720 g/mol. The molecule has 16 saturated carbocycles. The van der Waals surface area contributed by atoms with Gasteiger partial charge in [0.1, 0.15) is 18.1 Å². The fourth-order valence-electron chi connectivity index (χ4n) is 35.5. The van der Waals surface area contributed by atoms with Crippen molar-refractivity contribution in [3.8, 4) is 0 Å². The van der Waals surface area contributed by atoms with E-state index in [1.165, 1.54) is 140 Å². The summed E-state index contributed by atoms with van der Waals surface area (Å²) in [6.45, 7) is 36.3. The third kappa shape index (κ3) is 15.9. The largest absolute Gasteiger partial charge is 0.390 e. The Bertz CT molecular complexity index is 4430. The molecule has 4 aromatic rings. The first kappa shape index (κ1) is 91.6. The van der Waals surface area contributed by atoms with Crippen LogP contribution in [-0.4, -0.2) is 140 Å². The quantitative estimate of drug-likeness (QED) is 0.0969. The van der Waals surface area contributed by atoms with Gasteiger partial charge in [0.15, 0.2) is 23.1 Å². The highest BCUT2D eigenvalue weighted by atomic mass is 16.3. The zero-order valence-corrected chi connectivity index (χ0v) is 80.3. The molecule has 0 saturated heterocycles. The zero-order chi connectivity index (χ0) is 89.3. The van der Waals surface area contributed by atoms with Crippen molar-refractivity contribution in [2.24, 2.45) is 162 Å². The molecule has 0 spiro atoms. The van der Waals surface area contributed by atoms with Gasteiger partial charge in [-0.25, -0.2) is 0 Å². The second-order valence-corrected chi connectivity index (χ2v) is 49.7. The van der Waals surface area contributed by atoms with Crippen molar-refractivity contribution in [3.05, 3.63) is 60.7 Å². The van der Waals surface area contributed by atoms with E-state index in [-0.39, 0.29) is 81.7 Å². The molecule has 16 aliphatic rings. The van der Waals surface area contributed by atoms with Gasteiger partial charge in [-0.05, 0) is 430 Å². The number of hydrogen-bond donors (Lipinski definition) is 4. The van der Waals surface area contributed by atoms with E-state index >= 15 is 0 Å². The molecule has 4 aromatic heterocycles. The number of nitrogens with zero attached hydrogens (tertiary/aromatic N) is 11. The van der Waals surface area contributed by atoms with Crippen LogP contribution in [0.15, 0.2) is 49.6 Å². The van der Waals surface area contributed by atoms with E-state index in [1.807, 2.05) is 72.5 Å². The van der Waals surface area contributed by atoms with Crippen LogP contribution in [0.2, 0.25) is 0 Å². The molecular formula is C105H163N11O9. The Hall–Kier alpha value is -5.31. The highest BCUT2D eigenvalue weighted by molar-refractivity contribution is 5.93. The minimum absolute atomic E-state index is 0.0804. The molecule has 16 fully saturated rings. The number of rotatable bonds is 13. The summed E-state index contributed by atoms with van der Waals surface area (Å²) in [5.74, 6) is 13.2. The van der Waals surface area contributed by atoms with E-state index in [1.54, 1.807) is 65.6 Å². The van der Waals surface area contributed by atoms with Crippen LogP contribution in [0.25, 0.3) is 0 Å². The van der Waals surface area contributed by atoms with Crippen molar-refractivity contribution < 1.29 is 44.4 Å². The molecule has 35 atom stereocenters. The summed E-state index contributed by atoms with van der Waals surface area (Å²) in [6.07, 6.45) is 54.8. The lowest BCUT2D eigenvalue weighted by molar-refractivity contribution is -0.152. The molecule has 20 heteroatoms. The Morgan fingerprint density at radius 3 is 0.952 bits per heavy atom. The van der Waals surface area contributed by atoms with Crippen LogP contribution in [0, 0.1) is 169 Å². The number of aliphatic hydroxyl groups is 4. The molecule has 125 heavy (non-hydrogen) atoms. The number of hydrogen-bond acceptors (Lipinski definition) is 15. The molecule has 0 aliphatic heterocycles. The molecule has 0 aromatic carbocycles. The smallest absolute Gasteiger partial charge is 0.256 e. The Kier molecular flexibility index (Phi) is 24.3. The average Bonchev–Trinajstić information content (AvgIpc) is 1.67. The number of aryl methyl sites for hydroxylation is 1. The maximum absolute atomic E-state index is 13.6. The summed E-state index contributed by atoms with van der Waals surface area (Å²) in [6, 6.07) is -0.708. The first-order chi connectivity index (χ1) is 58.8. The van der Waals surface area contributed by atoms with E-state index in [4.69, 9.17) is 0 Å². The number of fused-ring (bicyclic) bond motifs is 20. The van der Waals surface area contributed by atoms with Gasteiger partial charge in [-0.2, -0.15) is 40.2 Å². The number of carbonyl (C=O) groups excluding carboxylic acids is 5. The molecule has 692 valence electrons. The van der Waals surface area contributed by atoms with E-state index in [0.29, 0.717) is 91.9 Å². The lowest BCUT2D eigenvalue weighted by atomic mass is 9.44. The van der Waals surface area contributed by atoms with E-state index in [0.717, 1.165) is 149 Å². The lowest BCUT2D eigenvalue weighted by Crippen LogP contribution is -2.55. The van der Waals surface area contributed by atoms with Gasteiger partial charge in [0.2, 0.25) is 0 Å². The van der Waals surface area contributed by atoms with Gasteiger partial charge < -0.3 is 25.3 Å². The van der Waals surface area contributed by atoms with Crippen LogP contribution in [0.4, 0.5) is 0 Å². The summed E-state index contributed by atoms with van der Waals surface area (Å²) in [4.78, 5) is 71.1. The number of ketones is 4. The van der Waals surface area contributed by atoms with Gasteiger partial charge in [0.25, 0.3) is 5.91 Å². The van der Waals surface area contributed by atoms with Gasteiger partial charge in [-0.1, -0.05) is 55.4 Å². The second-order valence-electron chi connectivity index (χ2n) is 49.7. The molecule has 4 heterocycles. The summed E-state index contributed by atoms with van der Waals surface area (Å²) in [7, 11) is 3.45. The Labute approximate surface area is 749 Å². The molecule has 0 unspecified atom stereocenters. The number of carbonyl (C=O) groups is 5. The Morgan fingerprint density at radius 2 is 0.648 bits per heavy atom. The first-order valence-corrected chi connectivity index (χ1v) is 50.8. The third-order valence-electron chi connectivity index (χ3n) is 42.8. The summed E-state index contributed by atoms with van der Waals surface area (Å²) in [5.41, 5.74) is 1.72. The molecule has 0 radical (unpaired) electrons. The van der Waals surface area contributed by atoms with Crippen LogP contribution >= 0.6 is 0 Å². The first-order valence-electron chi connectivity index (χ1n) is 50.8. The molecule has 20 rings (SSSR count). The summed E-state index contributed by atoms with van der Waals surface area (Å²) >= 11 is 0. The van der Waals surface area contributed by atoms with Gasteiger partial charge in [-0.15, -0.1) is 0 Å². The maximum atomic E-state index is 13.6. The van der Waals surface area contributed by atoms with Crippen LogP contribution in [0.5, 0.6) is 0 Å². The van der Waals surface area contributed by atoms with Crippen molar-refractivity contribution in [3.63, 3.8) is 0 Å². The van der Waals surface area contributed by atoms with Crippen LogP contribution in [0.3, 0.4) is 0 Å². The van der Waals surface area contributed by atoms with Crippen molar-refractivity contribution in [2.75, 3.05) is 14.1 Å². The fraction of sp³-hybridized carbons (Fsp3) is 0.857. The number of amides is 1. The van der Waals surface area contributed by atoms with Crippen LogP contribution in [-0.2, 0) is 25.7 Å². The van der Waals surface area contributed by atoms with Gasteiger partial charge in [-0.3, -0.25) is 33.3 Å². The zero-order valence-electron chi connectivity index (χ0n) is 80.3. The van der Waals surface area contributed by atoms with Crippen molar-refractivity contribution in [1.29, 1.82) is 0 Å². The van der Waals surface area contributed by atoms with Gasteiger partial charge in [0, 0.05) is 50.2 Å². The molecule has 1 amide bonds. The molecule has 20 nitrogen and oxygen atoms in total. The van der Waals surface area contributed by atoms with Gasteiger partial charge in [0.05, 0.1) is 71.7 Å². The second kappa shape index (κ2) is 33.2. The van der Waals surface area contributed by atoms with E-state index < -0.39 is 22.4 Å². The van der Waals surface area contributed by atoms with Crippen LogP contribution in [0.1, 0.15) is 369 Å².